The molecule has 3 heterocycles. The summed E-state index contributed by atoms with van der Waals surface area (Å²) in [7, 11) is 0. The van der Waals surface area contributed by atoms with Crippen LogP contribution < -0.4 is 0 Å². The van der Waals surface area contributed by atoms with Gasteiger partial charge in [-0.05, 0) is 65.3 Å². The molecule has 0 aliphatic heterocycles. The number of benzene rings is 2. The molecule has 0 bridgehead atoms. The van der Waals surface area contributed by atoms with Crippen LogP contribution in [0.15, 0.2) is 59.4 Å². The molecule has 0 saturated carbocycles. The number of hydrogen-bond donors (Lipinski definition) is 0. The van der Waals surface area contributed by atoms with Gasteiger partial charge in [0.05, 0.1) is 5.69 Å². The predicted molar refractivity (Wildman–Crippen MR) is 136 cm³/mol. The maximum Gasteiger partial charge on any atom is 0.145 e. The lowest BCUT2D eigenvalue weighted by atomic mass is 9.83. The first-order valence-electron chi connectivity index (χ1n) is 11.7. The van der Waals surface area contributed by atoms with Gasteiger partial charge in [-0.1, -0.05) is 52.0 Å². The summed E-state index contributed by atoms with van der Waals surface area (Å²) in [5.41, 5.74) is 12.6. The van der Waals surface area contributed by atoms with E-state index >= 15 is 0 Å². The third-order valence-corrected chi connectivity index (χ3v) is 7.48. The van der Waals surface area contributed by atoms with Gasteiger partial charge in [-0.3, -0.25) is 9.97 Å². The summed E-state index contributed by atoms with van der Waals surface area (Å²) in [6.07, 6.45) is 5.91. The molecule has 0 radical (unpaired) electrons. The molecule has 0 atom stereocenters. The Morgan fingerprint density at radius 3 is 2.27 bits per heavy atom. The zero-order valence-electron chi connectivity index (χ0n) is 20.1. The fourth-order valence-corrected chi connectivity index (χ4v) is 5.67. The number of aryl methyl sites for hydroxylation is 2. The Morgan fingerprint density at radius 2 is 1.55 bits per heavy atom. The topological polar surface area (TPSA) is 38.9 Å². The first-order chi connectivity index (χ1) is 15.8. The molecule has 5 aromatic rings. The van der Waals surface area contributed by atoms with Crippen molar-refractivity contribution in [1.29, 1.82) is 0 Å². The van der Waals surface area contributed by atoms with E-state index in [1.165, 1.54) is 38.9 Å². The van der Waals surface area contributed by atoms with Crippen molar-refractivity contribution in [3.8, 4) is 22.4 Å². The van der Waals surface area contributed by atoms with Gasteiger partial charge in [-0.25, -0.2) is 0 Å². The first-order valence-corrected chi connectivity index (χ1v) is 11.7. The zero-order valence-corrected chi connectivity index (χ0v) is 20.1. The van der Waals surface area contributed by atoms with E-state index in [0.717, 1.165) is 33.2 Å². The van der Waals surface area contributed by atoms with Crippen molar-refractivity contribution in [2.45, 2.75) is 52.9 Å². The quantitative estimate of drug-likeness (QED) is 0.283. The minimum absolute atomic E-state index is 0.101. The molecule has 3 nitrogen and oxygen atoms in total. The lowest BCUT2D eigenvalue weighted by Crippen LogP contribution is -2.14. The highest BCUT2D eigenvalue weighted by Gasteiger charge is 2.38. The fraction of sp³-hybridized carbons (Fsp3) is 0.267. The van der Waals surface area contributed by atoms with Crippen LogP contribution in [-0.2, 0) is 5.41 Å². The van der Waals surface area contributed by atoms with Crippen LogP contribution >= 0.6 is 0 Å². The second-order valence-electron chi connectivity index (χ2n) is 10.2. The summed E-state index contributed by atoms with van der Waals surface area (Å²) >= 11 is 0. The fourth-order valence-electron chi connectivity index (χ4n) is 5.67. The molecular weight excluding hydrogens is 404 g/mol. The van der Waals surface area contributed by atoms with E-state index in [4.69, 9.17) is 9.40 Å². The molecule has 3 heteroatoms. The van der Waals surface area contributed by atoms with Crippen molar-refractivity contribution < 1.29 is 4.42 Å². The van der Waals surface area contributed by atoms with Crippen molar-refractivity contribution in [3.05, 3.63) is 82.8 Å². The van der Waals surface area contributed by atoms with Crippen LogP contribution in [0.4, 0.5) is 0 Å². The van der Waals surface area contributed by atoms with Gasteiger partial charge >= 0.3 is 0 Å². The maximum absolute atomic E-state index is 6.77. The van der Waals surface area contributed by atoms with E-state index in [1.54, 1.807) is 0 Å². The second-order valence-corrected chi connectivity index (χ2v) is 10.2. The van der Waals surface area contributed by atoms with Crippen LogP contribution in [0.5, 0.6) is 0 Å². The van der Waals surface area contributed by atoms with Gasteiger partial charge < -0.3 is 4.42 Å². The van der Waals surface area contributed by atoms with Gasteiger partial charge in [0, 0.05) is 45.9 Å². The van der Waals surface area contributed by atoms with Crippen LogP contribution in [0.2, 0.25) is 0 Å². The molecule has 0 N–H and O–H groups in total. The van der Waals surface area contributed by atoms with E-state index in [2.05, 4.69) is 82.9 Å². The molecule has 2 aromatic carbocycles. The Kier molecular flexibility index (Phi) is 4.14. The van der Waals surface area contributed by atoms with Gasteiger partial charge in [-0.2, -0.15) is 0 Å². The summed E-state index contributed by atoms with van der Waals surface area (Å²) in [4.78, 5) is 9.29. The predicted octanol–water partition coefficient (Wildman–Crippen LogP) is 8.09. The average molecular weight is 433 g/mol. The molecule has 6 rings (SSSR count). The normalized spacial score (nSPS) is 14.3. The Bertz CT molecular complexity index is 1590. The Balaban J connectivity index is 1.68. The van der Waals surface area contributed by atoms with E-state index < -0.39 is 0 Å². The molecule has 0 amide bonds. The summed E-state index contributed by atoms with van der Waals surface area (Å²) in [6, 6.07) is 13.2. The van der Waals surface area contributed by atoms with E-state index in [9.17, 15) is 0 Å². The van der Waals surface area contributed by atoms with Crippen molar-refractivity contribution in [2.24, 2.45) is 0 Å². The van der Waals surface area contributed by atoms with E-state index in [-0.39, 0.29) is 5.41 Å². The molecule has 33 heavy (non-hydrogen) atoms. The van der Waals surface area contributed by atoms with Crippen LogP contribution in [-0.4, -0.2) is 9.97 Å². The standard InChI is InChI=1S/C30H28N2O/c1-16(2)22-14-32-25(13-18(22)4)26-17(3)7-8-19-20-9-10-23-27(29(20)33-28(19)26)21-11-12-31-15-24(21)30(23,5)6/h7-16H,1-6H3. The number of fused-ring (bicyclic) bond motifs is 7. The molecular formula is C30H28N2O. The molecule has 3 aromatic heterocycles. The van der Waals surface area contributed by atoms with Crippen molar-refractivity contribution in [3.63, 3.8) is 0 Å². The summed E-state index contributed by atoms with van der Waals surface area (Å²) in [5.74, 6) is 0.454. The number of hydrogen-bond acceptors (Lipinski definition) is 3. The van der Waals surface area contributed by atoms with Crippen LogP contribution in [0.1, 0.15) is 61.4 Å². The van der Waals surface area contributed by atoms with E-state index in [0.29, 0.717) is 5.92 Å². The van der Waals surface area contributed by atoms with Gasteiger partial charge in [0.2, 0.25) is 0 Å². The lowest BCUT2D eigenvalue weighted by Gasteiger charge is -2.20. The van der Waals surface area contributed by atoms with Crippen LogP contribution in [0.25, 0.3) is 44.3 Å². The second kappa shape index (κ2) is 6.77. The molecule has 0 fully saturated rings. The molecule has 1 aliphatic carbocycles. The monoisotopic (exact) mass is 432 g/mol. The maximum atomic E-state index is 6.77. The van der Waals surface area contributed by atoms with Gasteiger partial charge in [0.15, 0.2) is 0 Å². The third kappa shape index (κ3) is 2.68. The molecule has 0 spiro atoms. The minimum atomic E-state index is -0.101. The third-order valence-electron chi connectivity index (χ3n) is 7.48. The zero-order chi connectivity index (χ0) is 23.1. The lowest BCUT2D eigenvalue weighted by molar-refractivity contribution is 0.651. The number of furan rings is 1. The number of pyridine rings is 2. The molecule has 164 valence electrons. The molecule has 1 aliphatic rings. The van der Waals surface area contributed by atoms with Gasteiger partial charge in [-0.15, -0.1) is 0 Å². The largest absolute Gasteiger partial charge is 0.455 e. The number of rotatable bonds is 2. The van der Waals surface area contributed by atoms with E-state index in [1.807, 2.05) is 18.6 Å². The van der Waals surface area contributed by atoms with Crippen molar-refractivity contribution >= 4 is 21.9 Å². The highest BCUT2D eigenvalue weighted by molar-refractivity contribution is 6.14. The Morgan fingerprint density at radius 1 is 0.818 bits per heavy atom. The van der Waals surface area contributed by atoms with Gasteiger partial charge in [0.1, 0.15) is 11.2 Å². The highest BCUT2D eigenvalue weighted by Crippen LogP contribution is 2.52. The molecule has 0 unspecified atom stereocenters. The highest BCUT2D eigenvalue weighted by atomic mass is 16.3. The Hall–Kier alpha value is -3.46. The number of aromatic nitrogens is 2. The summed E-state index contributed by atoms with van der Waals surface area (Å²) < 4.78 is 6.77. The minimum Gasteiger partial charge on any atom is -0.455 e. The number of nitrogens with zero attached hydrogens (tertiary/aromatic N) is 2. The van der Waals surface area contributed by atoms with Crippen LogP contribution in [0, 0.1) is 13.8 Å². The Labute approximate surface area is 194 Å². The van der Waals surface area contributed by atoms with Crippen molar-refractivity contribution in [1.82, 2.24) is 9.97 Å². The van der Waals surface area contributed by atoms with Crippen molar-refractivity contribution in [2.75, 3.05) is 0 Å². The SMILES string of the molecule is Cc1cc(-c2c(C)ccc3c2oc2c4c(ccc23)C(C)(C)c2cnccc2-4)ncc1C(C)C. The molecule has 0 saturated heterocycles. The smallest absolute Gasteiger partial charge is 0.145 e. The average Bonchev–Trinajstić information content (AvgIpc) is 3.26. The van der Waals surface area contributed by atoms with Crippen LogP contribution in [0.3, 0.4) is 0 Å². The first kappa shape index (κ1) is 20.2. The summed E-state index contributed by atoms with van der Waals surface area (Å²) in [6.45, 7) is 13.3. The summed E-state index contributed by atoms with van der Waals surface area (Å²) in [5, 5.41) is 2.29. The van der Waals surface area contributed by atoms with Gasteiger partial charge in [0.25, 0.3) is 0 Å².